The van der Waals surface area contributed by atoms with Crippen molar-refractivity contribution in [1.82, 2.24) is 4.90 Å². The van der Waals surface area contributed by atoms with Crippen molar-refractivity contribution in [3.8, 4) is 0 Å². The Kier molecular flexibility index (Phi) is 5.67. The molecule has 1 unspecified atom stereocenters. The minimum atomic E-state index is -0.999. The lowest BCUT2D eigenvalue weighted by molar-refractivity contribution is -0.0169. The average molecular weight is 336 g/mol. The Morgan fingerprint density at radius 1 is 1.04 bits per heavy atom. The number of nitrogens with zero attached hydrogens (tertiary/aromatic N) is 1. The van der Waals surface area contributed by atoms with E-state index in [2.05, 4.69) is 11.2 Å². The maximum atomic E-state index is 11.8. The molecule has 1 aliphatic heterocycles. The Labute approximate surface area is 150 Å². The Hall–Kier alpha value is -1.97. The molecule has 1 atom stereocenters. The quantitative estimate of drug-likeness (QED) is 0.877. The smallest absolute Gasteiger partial charge is 0.217 e. The molecular formula is C22H26NO2. The largest absolute Gasteiger partial charge is 0.380 e. The van der Waals surface area contributed by atoms with Gasteiger partial charge in [-0.05, 0) is 49.4 Å². The van der Waals surface area contributed by atoms with E-state index in [1.807, 2.05) is 67.6 Å². The van der Waals surface area contributed by atoms with E-state index in [0.29, 0.717) is 0 Å². The maximum absolute atomic E-state index is 11.8. The monoisotopic (exact) mass is 336 g/mol. The fraction of sp³-hybridized carbons (Fsp3) is 0.409. The highest BCUT2D eigenvalue weighted by Gasteiger charge is 2.42. The van der Waals surface area contributed by atoms with Crippen LogP contribution in [0.5, 0.6) is 0 Å². The van der Waals surface area contributed by atoms with Crippen molar-refractivity contribution in [3.63, 3.8) is 0 Å². The third-order valence-corrected chi connectivity index (χ3v) is 5.51. The molecule has 2 aromatic carbocycles. The van der Waals surface area contributed by atoms with Crippen LogP contribution in [0.15, 0.2) is 60.7 Å². The van der Waals surface area contributed by atoms with Crippen LogP contribution < -0.4 is 0 Å². The van der Waals surface area contributed by atoms with Crippen LogP contribution in [-0.2, 0) is 10.4 Å². The van der Waals surface area contributed by atoms with Gasteiger partial charge >= 0.3 is 0 Å². The van der Waals surface area contributed by atoms with E-state index >= 15 is 0 Å². The minimum Gasteiger partial charge on any atom is -0.380 e. The summed E-state index contributed by atoms with van der Waals surface area (Å²) in [5, 5.41) is 11.8. The maximum Gasteiger partial charge on any atom is 0.217 e. The van der Waals surface area contributed by atoms with Gasteiger partial charge in [-0.2, -0.15) is 0 Å². The van der Waals surface area contributed by atoms with Gasteiger partial charge in [-0.15, -0.1) is 0 Å². The molecule has 0 bridgehead atoms. The SMILES string of the molecule is CCC([C]=O)N1CCC(C(O)(c2ccccc2)c2ccccc2)CC1. The van der Waals surface area contributed by atoms with Crippen molar-refractivity contribution in [2.24, 2.45) is 5.92 Å². The van der Waals surface area contributed by atoms with E-state index in [0.717, 1.165) is 43.5 Å². The molecule has 131 valence electrons. The summed E-state index contributed by atoms with van der Waals surface area (Å²) in [7, 11) is 0. The summed E-state index contributed by atoms with van der Waals surface area (Å²) < 4.78 is 0. The predicted molar refractivity (Wildman–Crippen MR) is 100.0 cm³/mol. The van der Waals surface area contributed by atoms with E-state index in [9.17, 15) is 9.90 Å². The molecule has 1 heterocycles. The Bertz CT molecular complexity index is 623. The van der Waals surface area contributed by atoms with Gasteiger partial charge < -0.3 is 5.11 Å². The molecule has 3 rings (SSSR count). The highest BCUT2D eigenvalue weighted by atomic mass is 16.3. The summed E-state index contributed by atoms with van der Waals surface area (Å²) in [6, 6.07) is 19.8. The first-order valence-electron chi connectivity index (χ1n) is 9.15. The van der Waals surface area contributed by atoms with Gasteiger partial charge in [0.2, 0.25) is 6.29 Å². The summed E-state index contributed by atoms with van der Waals surface area (Å²) in [5.74, 6) is 0.123. The summed E-state index contributed by atoms with van der Waals surface area (Å²) in [6.07, 6.45) is 4.66. The zero-order valence-electron chi connectivity index (χ0n) is 14.8. The topological polar surface area (TPSA) is 40.5 Å². The van der Waals surface area contributed by atoms with Gasteiger partial charge in [-0.3, -0.25) is 9.69 Å². The minimum absolute atomic E-state index is 0.123. The van der Waals surface area contributed by atoms with Crippen LogP contribution >= 0.6 is 0 Å². The number of carbonyl (C=O) groups excluding carboxylic acids is 1. The van der Waals surface area contributed by atoms with Crippen molar-refractivity contribution < 1.29 is 9.90 Å². The number of benzene rings is 2. The molecule has 1 radical (unpaired) electrons. The summed E-state index contributed by atoms with van der Waals surface area (Å²) in [4.78, 5) is 13.3. The molecule has 0 aliphatic carbocycles. The molecule has 1 fully saturated rings. The van der Waals surface area contributed by atoms with Crippen molar-refractivity contribution in [1.29, 1.82) is 0 Å². The second kappa shape index (κ2) is 7.94. The van der Waals surface area contributed by atoms with E-state index in [4.69, 9.17) is 0 Å². The fourth-order valence-electron chi connectivity index (χ4n) is 4.07. The third-order valence-electron chi connectivity index (χ3n) is 5.51. The van der Waals surface area contributed by atoms with Gasteiger partial charge in [0.1, 0.15) is 5.60 Å². The number of hydrogen-bond acceptors (Lipinski definition) is 3. The molecule has 25 heavy (non-hydrogen) atoms. The van der Waals surface area contributed by atoms with Crippen LogP contribution in [0.4, 0.5) is 0 Å². The molecule has 0 aromatic heterocycles. The summed E-state index contributed by atoms with van der Waals surface area (Å²) >= 11 is 0. The zero-order valence-corrected chi connectivity index (χ0v) is 14.8. The number of likely N-dealkylation sites (tertiary alicyclic amines) is 1. The summed E-state index contributed by atoms with van der Waals surface area (Å²) in [6.45, 7) is 3.66. The first-order valence-corrected chi connectivity index (χ1v) is 9.15. The molecule has 1 aliphatic rings. The predicted octanol–water partition coefficient (Wildman–Crippen LogP) is 3.52. The average Bonchev–Trinajstić information content (AvgIpc) is 2.70. The molecule has 0 saturated carbocycles. The highest BCUT2D eigenvalue weighted by molar-refractivity contribution is 5.58. The Morgan fingerprint density at radius 3 is 1.92 bits per heavy atom. The van der Waals surface area contributed by atoms with Crippen LogP contribution in [0.1, 0.15) is 37.3 Å². The number of hydrogen-bond donors (Lipinski definition) is 1. The second-order valence-corrected chi connectivity index (χ2v) is 6.85. The van der Waals surface area contributed by atoms with Crippen LogP contribution in [0.3, 0.4) is 0 Å². The fourth-order valence-corrected chi connectivity index (χ4v) is 4.07. The van der Waals surface area contributed by atoms with Crippen LogP contribution in [0.2, 0.25) is 0 Å². The number of aliphatic hydroxyl groups is 1. The van der Waals surface area contributed by atoms with E-state index in [1.54, 1.807) is 0 Å². The highest BCUT2D eigenvalue weighted by Crippen LogP contribution is 2.42. The lowest BCUT2D eigenvalue weighted by Crippen LogP contribution is -2.47. The molecule has 1 saturated heterocycles. The lowest BCUT2D eigenvalue weighted by Gasteiger charge is -2.43. The van der Waals surface area contributed by atoms with Crippen LogP contribution in [0, 0.1) is 5.92 Å². The van der Waals surface area contributed by atoms with Crippen LogP contribution in [-0.4, -0.2) is 35.4 Å². The van der Waals surface area contributed by atoms with Crippen molar-refractivity contribution in [2.75, 3.05) is 13.1 Å². The molecule has 0 spiro atoms. The molecule has 3 heteroatoms. The molecule has 0 amide bonds. The van der Waals surface area contributed by atoms with Gasteiger partial charge in [-0.1, -0.05) is 67.6 Å². The number of rotatable bonds is 6. The van der Waals surface area contributed by atoms with Gasteiger partial charge in [-0.25, -0.2) is 0 Å². The molecular weight excluding hydrogens is 310 g/mol. The molecule has 1 N–H and O–H groups in total. The van der Waals surface area contributed by atoms with Gasteiger partial charge in [0.25, 0.3) is 0 Å². The van der Waals surface area contributed by atoms with E-state index < -0.39 is 5.60 Å². The van der Waals surface area contributed by atoms with Crippen molar-refractivity contribution in [2.45, 2.75) is 37.8 Å². The molecule has 3 nitrogen and oxygen atoms in total. The Morgan fingerprint density at radius 2 is 1.52 bits per heavy atom. The standard InChI is InChI=1S/C22H26NO2/c1-2-21(17-24)23-15-13-20(14-16-23)22(25,18-9-5-3-6-10-18)19-11-7-4-8-12-19/h3-12,20-21,25H,2,13-16H2,1H3. The van der Waals surface area contributed by atoms with Gasteiger partial charge in [0, 0.05) is 0 Å². The first kappa shape index (κ1) is 17.8. The number of piperidine rings is 1. The lowest BCUT2D eigenvalue weighted by atomic mass is 9.72. The van der Waals surface area contributed by atoms with E-state index in [-0.39, 0.29) is 12.0 Å². The second-order valence-electron chi connectivity index (χ2n) is 6.85. The van der Waals surface area contributed by atoms with E-state index in [1.165, 1.54) is 0 Å². The normalized spacial score (nSPS) is 18.0. The van der Waals surface area contributed by atoms with Gasteiger partial charge in [0.15, 0.2) is 0 Å². The summed E-state index contributed by atoms with van der Waals surface area (Å²) in [5.41, 5.74) is 0.878. The zero-order chi connectivity index (χ0) is 17.7. The Balaban J connectivity index is 1.89. The van der Waals surface area contributed by atoms with Crippen molar-refractivity contribution in [3.05, 3.63) is 71.8 Å². The first-order chi connectivity index (χ1) is 12.2. The van der Waals surface area contributed by atoms with Crippen LogP contribution in [0.25, 0.3) is 0 Å². The van der Waals surface area contributed by atoms with Gasteiger partial charge in [0.05, 0.1) is 6.04 Å². The van der Waals surface area contributed by atoms with Crippen molar-refractivity contribution >= 4 is 6.29 Å². The third kappa shape index (κ3) is 3.53. The molecule has 2 aromatic rings.